The predicted octanol–water partition coefficient (Wildman–Crippen LogP) is 13.5. The van der Waals surface area contributed by atoms with Crippen molar-refractivity contribution in [2.75, 3.05) is 49.3 Å². The van der Waals surface area contributed by atoms with Crippen molar-refractivity contribution in [2.24, 2.45) is 0 Å². The molecule has 0 spiro atoms. The molecule has 19 nitrogen and oxygen atoms in total. The maximum absolute atomic E-state index is 13.7. The Balaban J connectivity index is 0.000000158. The highest BCUT2D eigenvalue weighted by atomic mass is 79.9. The van der Waals surface area contributed by atoms with Gasteiger partial charge in [0, 0.05) is 86.1 Å². The Bertz CT molecular complexity index is 5190. The van der Waals surface area contributed by atoms with Crippen LogP contribution in [-0.4, -0.2) is 103 Å². The summed E-state index contributed by atoms with van der Waals surface area (Å²) in [7, 11) is -2.41. The van der Waals surface area contributed by atoms with Crippen molar-refractivity contribution < 1.29 is 71.0 Å². The van der Waals surface area contributed by atoms with Gasteiger partial charge in [0.15, 0.2) is 22.7 Å². The van der Waals surface area contributed by atoms with Crippen LogP contribution in [0.1, 0.15) is 71.3 Å². The molecule has 2 N–H and O–H groups in total. The monoisotopic (exact) mass is 1410 g/mol. The SMILES string of the molecule is CNC(=O)c1c(-c2ccc(F)cc2)oc2cc(N(C)S(C)(=O)=O)c(-c3ccc4oc(Cc5ccc(F)cc5)nc4c3)cc12.CNC(=O)c1c(-c2ccc(F)cc2)oc2cc(N(C)S(C)(=O)=O)c(B3OC(C)(C)C(C)(C)O3)cc12.Fc1ccc(Cc2nc3nc(Br)ccc3o2)cc1. The molecule has 494 valence electrons. The van der Waals surface area contributed by atoms with Crippen LogP contribution in [0.4, 0.5) is 28.9 Å². The number of nitrogens with one attached hydrogen (secondary N) is 2. The number of sulfonamides is 2. The van der Waals surface area contributed by atoms with Crippen LogP contribution in [-0.2, 0) is 42.2 Å². The number of fused-ring (bicyclic) bond motifs is 4. The summed E-state index contributed by atoms with van der Waals surface area (Å²) < 4.78 is 143. The van der Waals surface area contributed by atoms with Gasteiger partial charge in [-0.1, -0.05) is 30.3 Å². The summed E-state index contributed by atoms with van der Waals surface area (Å²) in [6.45, 7) is 7.58. The Kier molecular flexibility index (Phi) is 18.7. The van der Waals surface area contributed by atoms with Crippen LogP contribution in [0.25, 0.3) is 78.0 Å². The highest BCUT2D eigenvalue weighted by Gasteiger charge is 2.53. The number of furan rings is 2. The first-order valence-corrected chi connectivity index (χ1v) is 34.1. The molecule has 0 saturated carbocycles. The summed E-state index contributed by atoms with van der Waals surface area (Å²) in [6, 6.07) is 38.8. The molecule has 0 unspecified atom stereocenters. The molecule has 27 heteroatoms. The Morgan fingerprint density at radius 2 is 0.927 bits per heavy atom. The standard InChI is InChI=1S/C32H25F2N3O5S.C24H28BFN2O6S.C13H8BrFN2O/c1-35-32(38)30-24-16-23(20-8-13-27-25(15-20)36-29(41-27)14-18-4-9-21(33)10-5-18)26(37(2)43(3,39)40)17-28(24)42-31(30)19-6-11-22(34)12-7-19;1-23(2)24(3,4)34-25(33-23)17-12-16-19(13-18(17)28(6)35(7,30)31)32-21(20(16)22(29)27-5)14-8-10-15(26)11-9-14;14-11-6-5-10-13(16-11)17-12(18-10)7-8-1-3-9(15)4-2-8/h4-13,15-17H,14H2,1-3H3,(H,35,38);8-13H,1-7H3,(H,27,29);1-6H,7H2. The van der Waals surface area contributed by atoms with Crippen LogP contribution in [0.3, 0.4) is 0 Å². The normalized spacial score (nSPS) is 13.6. The zero-order valence-corrected chi connectivity index (χ0v) is 56.5. The summed E-state index contributed by atoms with van der Waals surface area (Å²) in [5.41, 5.74) is 6.86. The highest BCUT2D eigenvalue weighted by molar-refractivity contribution is 9.10. The third kappa shape index (κ3) is 14.2. The number of carbonyl (C=O) groups excluding carboxylic acids is 2. The Labute approximate surface area is 557 Å². The number of benzene rings is 7. The second-order valence-electron chi connectivity index (χ2n) is 23.6. The lowest BCUT2D eigenvalue weighted by Gasteiger charge is -2.32. The quantitative estimate of drug-likeness (QED) is 0.0584. The molecule has 5 aromatic heterocycles. The van der Waals surface area contributed by atoms with Crippen molar-refractivity contribution in [3.8, 4) is 33.8 Å². The van der Waals surface area contributed by atoms with Crippen LogP contribution in [0.2, 0.25) is 0 Å². The molecule has 13 rings (SSSR count). The molecular weight excluding hydrogens is 1350 g/mol. The van der Waals surface area contributed by atoms with Crippen LogP contribution in [0.5, 0.6) is 0 Å². The fourth-order valence-corrected chi connectivity index (χ4v) is 11.9. The minimum atomic E-state index is -3.70. The minimum Gasteiger partial charge on any atom is -0.455 e. The minimum absolute atomic E-state index is 0.219. The van der Waals surface area contributed by atoms with E-state index in [4.69, 9.17) is 27.0 Å². The average Bonchev–Trinajstić information content (AvgIpc) is 1.57. The van der Waals surface area contributed by atoms with E-state index in [-0.39, 0.29) is 45.4 Å². The first-order valence-electron chi connectivity index (χ1n) is 29.6. The lowest BCUT2D eigenvalue weighted by Crippen LogP contribution is -2.41. The second-order valence-corrected chi connectivity index (χ2v) is 28.4. The van der Waals surface area contributed by atoms with Crippen molar-refractivity contribution >= 4 is 116 Å². The fraction of sp³-hybridized carbons (Fsp3) is 0.203. The van der Waals surface area contributed by atoms with Gasteiger partial charge in [0.1, 0.15) is 56.1 Å². The molecule has 96 heavy (non-hydrogen) atoms. The van der Waals surface area contributed by atoms with Gasteiger partial charge in [-0.15, -0.1) is 0 Å². The third-order valence-electron chi connectivity index (χ3n) is 16.5. The van der Waals surface area contributed by atoms with Crippen molar-refractivity contribution in [2.45, 2.75) is 51.7 Å². The van der Waals surface area contributed by atoms with Gasteiger partial charge in [0.2, 0.25) is 25.9 Å². The van der Waals surface area contributed by atoms with Gasteiger partial charge in [0.05, 0.1) is 46.2 Å². The molecule has 1 aliphatic heterocycles. The lowest BCUT2D eigenvalue weighted by atomic mass is 9.77. The average molecular weight is 1410 g/mol. The summed E-state index contributed by atoms with van der Waals surface area (Å²) in [4.78, 5) is 39.2. The molecule has 12 aromatic rings. The number of carbonyl (C=O) groups is 2. The van der Waals surface area contributed by atoms with Gasteiger partial charge in [-0.25, -0.2) is 44.4 Å². The van der Waals surface area contributed by atoms with Gasteiger partial charge >= 0.3 is 7.12 Å². The van der Waals surface area contributed by atoms with Gasteiger partial charge in [0.25, 0.3) is 11.8 Å². The molecule has 1 saturated heterocycles. The van der Waals surface area contributed by atoms with E-state index in [0.717, 1.165) is 36.9 Å². The predicted molar refractivity (Wildman–Crippen MR) is 363 cm³/mol. The van der Waals surface area contributed by atoms with Crippen molar-refractivity contribution in [1.29, 1.82) is 0 Å². The van der Waals surface area contributed by atoms with E-state index in [0.29, 0.717) is 96.8 Å². The van der Waals surface area contributed by atoms with E-state index in [2.05, 4.69) is 41.5 Å². The van der Waals surface area contributed by atoms with Crippen LogP contribution < -0.4 is 24.7 Å². The molecule has 0 bridgehead atoms. The van der Waals surface area contributed by atoms with E-state index in [1.807, 2.05) is 33.8 Å². The molecule has 2 amide bonds. The topological polar surface area (TPSA) is 243 Å². The number of halogens is 5. The molecular formula is C69H61BBrF4N7O12S2. The number of amides is 2. The fourth-order valence-electron chi connectivity index (χ4n) is 10.6. The molecule has 6 heterocycles. The van der Waals surface area contributed by atoms with E-state index in [1.54, 1.807) is 72.8 Å². The largest absolute Gasteiger partial charge is 0.497 e. The summed E-state index contributed by atoms with van der Waals surface area (Å²) in [5.74, 6) is -0.823. The smallest absolute Gasteiger partial charge is 0.455 e. The molecule has 1 fully saturated rings. The first-order chi connectivity index (χ1) is 45.4. The maximum atomic E-state index is 13.7. The number of anilines is 2. The van der Waals surface area contributed by atoms with Crippen molar-refractivity contribution in [3.63, 3.8) is 0 Å². The zero-order valence-electron chi connectivity index (χ0n) is 53.3. The van der Waals surface area contributed by atoms with Crippen LogP contribution in [0.15, 0.2) is 174 Å². The van der Waals surface area contributed by atoms with Gasteiger partial charge < -0.3 is 37.6 Å². The molecule has 7 aromatic carbocycles. The van der Waals surface area contributed by atoms with Gasteiger partial charge in [-0.2, -0.15) is 4.98 Å². The van der Waals surface area contributed by atoms with E-state index < -0.39 is 61.8 Å². The van der Waals surface area contributed by atoms with Crippen LogP contribution in [0, 0.1) is 23.3 Å². The summed E-state index contributed by atoms with van der Waals surface area (Å²) >= 11 is 3.28. The maximum Gasteiger partial charge on any atom is 0.497 e. The number of aromatic nitrogens is 3. The van der Waals surface area contributed by atoms with Crippen molar-refractivity contribution in [3.05, 3.63) is 214 Å². The van der Waals surface area contributed by atoms with E-state index in [9.17, 15) is 44.0 Å². The number of oxazole rings is 2. The molecule has 1 aliphatic rings. The lowest BCUT2D eigenvalue weighted by molar-refractivity contribution is 0.00578. The van der Waals surface area contributed by atoms with Crippen LogP contribution >= 0.6 is 15.9 Å². The first kappa shape index (κ1) is 67.7. The number of rotatable bonds is 14. The Morgan fingerprint density at radius 3 is 1.41 bits per heavy atom. The van der Waals surface area contributed by atoms with E-state index in [1.165, 1.54) is 101 Å². The van der Waals surface area contributed by atoms with Gasteiger partial charge in [-0.05, 0) is 170 Å². The number of hydrogen-bond donors (Lipinski definition) is 2. The number of nitrogens with zero attached hydrogens (tertiary/aromatic N) is 5. The van der Waals surface area contributed by atoms with Gasteiger partial charge in [-0.3, -0.25) is 18.2 Å². The summed E-state index contributed by atoms with van der Waals surface area (Å²) in [5, 5.41) is 6.13. The summed E-state index contributed by atoms with van der Waals surface area (Å²) in [6.07, 6.45) is 3.06. The second kappa shape index (κ2) is 26.5. The Hall–Kier alpha value is -9.67. The zero-order chi connectivity index (χ0) is 68.9. The highest BCUT2D eigenvalue weighted by Crippen LogP contribution is 2.44. The van der Waals surface area contributed by atoms with E-state index >= 15 is 0 Å². The molecule has 0 atom stereocenters. The number of hydrogen-bond acceptors (Lipinski definition) is 15. The Morgan fingerprint density at radius 1 is 0.510 bits per heavy atom. The molecule has 0 aliphatic carbocycles. The van der Waals surface area contributed by atoms with Crippen molar-refractivity contribution in [1.82, 2.24) is 25.6 Å². The number of pyridine rings is 1. The third-order valence-corrected chi connectivity index (χ3v) is 19.3. The molecule has 0 radical (unpaired) electrons.